The van der Waals surface area contributed by atoms with Crippen LogP contribution in [0.1, 0.15) is 39.0 Å². The number of hydrogen-bond donors (Lipinski definition) is 2. The Kier molecular flexibility index (Phi) is 8.61. The smallest absolute Gasteiger partial charge is 0.236 e. The normalized spacial score (nSPS) is 17.9. The standard InChI is InChI=1S/C11H22N2O2.ClH/c1-9(12)11(14)13-7-4-8-15-10-5-2-3-6-10;/h9-10H,2-8,12H2,1H3,(H,13,14);1H/t9-;/m0./s1. The highest BCUT2D eigenvalue weighted by Gasteiger charge is 2.14. The van der Waals surface area contributed by atoms with E-state index in [4.69, 9.17) is 10.5 Å². The summed E-state index contributed by atoms with van der Waals surface area (Å²) in [5.74, 6) is -0.0872. The Morgan fingerprint density at radius 1 is 1.50 bits per heavy atom. The van der Waals surface area contributed by atoms with Crippen LogP contribution in [0.3, 0.4) is 0 Å². The van der Waals surface area contributed by atoms with Crippen molar-refractivity contribution in [1.82, 2.24) is 5.32 Å². The van der Waals surface area contributed by atoms with Crippen LogP contribution in [-0.4, -0.2) is 31.2 Å². The molecule has 0 aromatic carbocycles. The highest BCUT2D eigenvalue weighted by Crippen LogP contribution is 2.20. The predicted molar refractivity (Wildman–Crippen MR) is 66.7 cm³/mol. The number of amides is 1. The third-order valence-corrected chi connectivity index (χ3v) is 2.69. The van der Waals surface area contributed by atoms with E-state index in [2.05, 4.69) is 5.32 Å². The number of ether oxygens (including phenoxy) is 1. The molecule has 1 rings (SSSR count). The minimum atomic E-state index is -0.416. The molecule has 0 bridgehead atoms. The van der Waals surface area contributed by atoms with Crippen LogP contribution < -0.4 is 11.1 Å². The van der Waals surface area contributed by atoms with E-state index in [0.29, 0.717) is 12.6 Å². The van der Waals surface area contributed by atoms with E-state index >= 15 is 0 Å². The molecule has 0 aromatic rings. The van der Waals surface area contributed by atoms with Crippen molar-refractivity contribution in [1.29, 1.82) is 0 Å². The quantitative estimate of drug-likeness (QED) is 0.697. The lowest BCUT2D eigenvalue weighted by atomic mass is 10.3. The van der Waals surface area contributed by atoms with Crippen molar-refractivity contribution >= 4 is 18.3 Å². The number of nitrogens with two attached hydrogens (primary N) is 1. The molecule has 1 aliphatic rings. The molecule has 1 saturated carbocycles. The monoisotopic (exact) mass is 250 g/mol. The molecular formula is C11H23ClN2O2. The van der Waals surface area contributed by atoms with E-state index in [1.165, 1.54) is 25.7 Å². The van der Waals surface area contributed by atoms with Gasteiger partial charge in [-0.05, 0) is 26.2 Å². The minimum absolute atomic E-state index is 0. The van der Waals surface area contributed by atoms with Gasteiger partial charge in [-0.1, -0.05) is 12.8 Å². The first-order valence-electron chi connectivity index (χ1n) is 5.85. The summed E-state index contributed by atoms with van der Waals surface area (Å²) in [5.41, 5.74) is 5.41. The summed E-state index contributed by atoms with van der Waals surface area (Å²) >= 11 is 0. The molecule has 0 aromatic heterocycles. The lowest BCUT2D eigenvalue weighted by Crippen LogP contribution is -2.38. The van der Waals surface area contributed by atoms with Gasteiger partial charge in [-0.2, -0.15) is 0 Å². The Bertz CT molecular complexity index is 194. The zero-order valence-corrected chi connectivity index (χ0v) is 10.7. The molecule has 0 saturated heterocycles. The predicted octanol–water partition coefficient (Wildman–Crippen LogP) is 1.22. The summed E-state index contributed by atoms with van der Waals surface area (Å²) in [4.78, 5) is 11.1. The summed E-state index contributed by atoms with van der Waals surface area (Å²) in [7, 11) is 0. The minimum Gasteiger partial charge on any atom is -0.378 e. The van der Waals surface area contributed by atoms with Gasteiger partial charge in [0.25, 0.3) is 0 Å². The van der Waals surface area contributed by atoms with Crippen molar-refractivity contribution in [3.63, 3.8) is 0 Å². The molecule has 1 fully saturated rings. The molecule has 4 nitrogen and oxygen atoms in total. The summed E-state index contributed by atoms with van der Waals surface area (Å²) in [6.45, 7) is 3.08. The maximum Gasteiger partial charge on any atom is 0.236 e. The topological polar surface area (TPSA) is 64.4 Å². The van der Waals surface area contributed by atoms with Crippen molar-refractivity contribution in [3.8, 4) is 0 Å². The molecule has 1 aliphatic carbocycles. The largest absolute Gasteiger partial charge is 0.378 e. The van der Waals surface area contributed by atoms with Gasteiger partial charge in [-0.25, -0.2) is 0 Å². The summed E-state index contributed by atoms with van der Waals surface area (Å²) in [6, 6.07) is -0.416. The molecule has 0 radical (unpaired) electrons. The third-order valence-electron chi connectivity index (χ3n) is 2.69. The second kappa shape index (κ2) is 8.79. The van der Waals surface area contributed by atoms with E-state index < -0.39 is 6.04 Å². The van der Waals surface area contributed by atoms with Crippen molar-refractivity contribution in [2.45, 2.75) is 51.2 Å². The van der Waals surface area contributed by atoms with Gasteiger partial charge in [0.2, 0.25) is 5.91 Å². The fourth-order valence-corrected chi connectivity index (χ4v) is 1.75. The van der Waals surface area contributed by atoms with Crippen LogP contribution in [0.2, 0.25) is 0 Å². The van der Waals surface area contributed by atoms with Crippen LogP contribution in [0.15, 0.2) is 0 Å². The van der Waals surface area contributed by atoms with E-state index in [1.54, 1.807) is 6.92 Å². The number of hydrogen-bond acceptors (Lipinski definition) is 3. The number of nitrogens with one attached hydrogen (secondary N) is 1. The number of carbonyl (C=O) groups excluding carboxylic acids is 1. The van der Waals surface area contributed by atoms with Gasteiger partial charge in [0, 0.05) is 13.2 Å². The molecule has 1 amide bonds. The van der Waals surface area contributed by atoms with Crippen LogP contribution >= 0.6 is 12.4 Å². The Morgan fingerprint density at radius 2 is 2.12 bits per heavy atom. The summed E-state index contributed by atoms with van der Waals surface area (Å²) in [6.07, 6.45) is 6.33. The van der Waals surface area contributed by atoms with Crippen molar-refractivity contribution in [2.75, 3.05) is 13.2 Å². The van der Waals surface area contributed by atoms with Crippen LogP contribution in [-0.2, 0) is 9.53 Å². The maximum absolute atomic E-state index is 11.1. The molecule has 5 heteroatoms. The molecule has 1 atom stereocenters. The van der Waals surface area contributed by atoms with Crippen molar-refractivity contribution in [3.05, 3.63) is 0 Å². The average molecular weight is 251 g/mol. The van der Waals surface area contributed by atoms with E-state index in [0.717, 1.165) is 13.0 Å². The number of rotatable bonds is 6. The summed E-state index contributed by atoms with van der Waals surface area (Å²) < 4.78 is 5.66. The Balaban J connectivity index is 0.00000225. The SMILES string of the molecule is C[C@H](N)C(=O)NCCCOC1CCCC1.Cl. The first kappa shape index (κ1) is 15.7. The molecule has 0 heterocycles. The highest BCUT2D eigenvalue weighted by molar-refractivity contribution is 5.85. The van der Waals surface area contributed by atoms with Gasteiger partial charge < -0.3 is 15.8 Å². The van der Waals surface area contributed by atoms with Gasteiger partial charge in [-0.3, -0.25) is 4.79 Å². The first-order chi connectivity index (χ1) is 7.20. The van der Waals surface area contributed by atoms with E-state index in [-0.39, 0.29) is 18.3 Å². The number of carbonyl (C=O) groups is 1. The second-order valence-electron chi connectivity index (χ2n) is 4.21. The Hall–Kier alpha value is -0.320. The molecule has 0 spiro atoms. The van der Waals surface area contributed by atoms with Crippen LogP contribution in [0.25, 0.3) is 0 Å². The zero-order chi connectivity index (χ0) is 11.1. The molecule has 0 unspecified atom stereocenters. The van der Waals surface area contributed by atoms with Crippen molar-refractivity contribution < 1.29 is 9.53 Å². The zero-order valence-electron chi connectivity index (χ0n) is 9.91. The third kappa shape index (κ3) is 6.30. The Morgan fingerprint density at radius 3 is 2.69 bits per heavy atom. The summed E-state index contributed by atoms with van der Waals surface area (Å²) in [5, 5.41) is 2.76. The first-order valence-corrected chi connectivity index (χ1v) is 5.85. The van der Waals surface area contributed by atoms with Crippen molar-refractivity contribution in [2.24, 2.45) is 5.73 Å². The van der Waals surface area contributed by atoms with Gasteiger partial charge in [0.05, 0.1) is 12.1 Å². The van der Waals surface area contributed by atoms with Crippen LogP contribution in [0, 0.1) is 0 Å². The molecule has 96 valence electrons. The van der Waals surface area contributed by atoms with Gasteiger partial charge in [0.1, 0.15) is 0 Å². The van der Waals surface area contributed by atoms with Gasteiger partial charge >= 0.3 is 0 Å². The molecule has 0 aliphatic heterocycles. The average Bonchev–Trinajstić information content (AvgIpc) is 2.69. The van der Waals surface area contributed by atoms with E-state index in [9.17, 15) is 4.79 Å². The van der Waals surface area contributed by atoms with Gasteiger partial charge in [0.15, 0.2) is 0 Å². The molecular weight excluding hydrogens is 228 g/mol. The Labute approximate surface area is 104 Å². The fourth-order valence-electron chi connectivity index (χ4n) is 1.75. The highest BCUT2D eigenvalue weighted by atomic mass is 35.5. The lowest BCUT2D eigenvalue weighted by molar-refractivity contribution is -0.122. The second-order valence-corrected chi connectivity index (χ2v) is 4.21. The van der Waals surface area contributed by atoms with Crippen LogP contribution in [0.4, 0.5) is 0 Å². The molecule has 3 N–H and O–H groups in total. The fraction of sp³-hybridized carbons (Fsp3) is 0.909. The lowest BCUT2D eigenvalue weighted by Gasteiger charge is -2.11. The molecule has 16 heavy (non-hydrogen) atoms. The van der Waals surface area contributed by atoms with E-state index in [1.807, 2.05) is 0 Å². The number of halogens is 1. The van der Waals surface area contributed by atoms with Gasteiger partial charge in [-0.15, -0.1) is 12.4 Å². The maximum atomic E-state index is 11.1. The van der Waals surface area contributed by atoms with Crippen LogP contribution in [0.5, 0.6) is 0 Å².